The van der Waals surface area contributed by atoms with E-state index >= 15 is 0 Å². The smallest absolute Gasteiger partial charge is 0.0894 e. The van der Waals surface area contributed by atoms with Crippen molar-refractivity contribution in [3.63, 3.8) is 0 Å². The van der Waals surface area contributed by atoms with E-state index < -0.39 is 0 Å². The summed E-state index contributed by atoms with van der Waals surface area (Å²) in [5, 5.41) is 6.78. The molecule has 0 aromatic heterocycles. The molecule has 0 aliphatic carbocycles. The van der Waals surface area contributed by atoms with Gasteiger partial charge in [0.2, 0.25) is 0 Å². The van der Waals surface area contributed by atoms with Gasteiger partial charge in [-0.15, -0.1) is 0 Å². The van der Waals surface area contributed by atoms with E-state index in [2.05, 4.69) is 48.7 Å². The van der Waals surface area contributed by atoms with Gasteiger partial charge in [-0.05, 0) is 30.5 Å². The van der Waals surface area contributed by atoms with Crippen LogP contribution in [0.5, 0.6) is 0 Å². The van der Waals surface area contributed by atoms with Crippen molar-refractivity contribution in [1.29, 1.82) is 0 Å². The van der Waals surface area contributed by atoms with Crippen LogP contribution < -0.4 is 10.6 Å². The molecule has 19 heavy (non-hydrogen) atoms. The normalized spacial score (nSPS) is 23.0. The van der Waals surface area contributed by atoms with E-state index in [0.717, 1.165) is 19.7 Å². The molecular weight excluding hydrogens is 236 g/mol. The Hall–Kier alpha value is -0.900. The van der Waals surface area contributed by atoms with Crippen LogP contribution in [0.25, 0.3) is 0 Å². The fraction of sp³-hybridized carbons (Fsp3) is 0.625. The molecule has 1 aliphatic heterocycles. The van der Waals surface area contributed by atoms with Crippen molar-refractivity contribution in [3.05, 3.63) is 35.4 Å². The summed E-state index contributed by atoms with van der Waals surface area (Å²) < 4.78 is 5.86. The Morgan fingerprint density at radius 1 is 1.32 bits per heavy atom. The Kier molecular flexibility index (Phi) is 5.37. The fourth-order valence-corrected chi connectivity index (χ4v) is 2.63. The number of likely N-dealkylation sites (N-methyl/N-ethyl adjacent to an activating group) is 1. The van der Waals surface area contributed by atoms with Gasteiger partial charge in [0.25, 0.3) is 0 Å². The highest BCUT2D eigenvalue weighted by Crippen LogP contribution is 2.24. The van der Waals surface area contributed by atoms with Gasteiger partial charge in [-0.1, -0.05) is 38.1 Å². The zero-order valence-corrected chi connectivity index (χ0v) is 12.3. The summed E-state index contributed by atoms with van der Waals surface area (Å²) in [6, 6.07) is 9.24. The lowest BCUT2D eigenvalue weighted by Gasteiger charge is -2.31. The fourth-order valence-electron chi connectivity index (χ4n) is 2.63. The maximum Gasteiger partial charge on any atom is 0.0894 e. The maximum absolute atomic E-state index is 5.86. The maximum atomic E-state index is 5.86. The highest BCUT2D eigenvalue weighted by Gasteiger charge is 2.24. The lowest BCUT2D eigenvalue weighted by molar-refractivity contribution is 0.00537. The third-order valence-electron chi connectivity index (χ3n) is 4.12. The highest BCUT2D eigenvalue weighted by molar-refractivity contribution is 5.28. The molecule has 0 radical (unpaired) electrons. The second kappa shape index (κ2) is 7.04. The van der Waals surface area contributed by atoms with Gasteiger partial charge in [-0.25, -0.2) is 0 Å². The molecule has 1 aliphatic rings. The van der Waals surface area contributed by atoms with Crippen LogP contribution in [0.4, 0.5) is 0 Å². The van der Waals surface area contributed by atoms with Gasteiger partial charge in [-0.3, -0.25) is 0 Å². The van der Waals surface area contributed by atoms with Gasteiger partial charge in [0.05, 0.1) is 18.8 Å². The van der Waals surface area contributed by atoms with E-state index in [1.165, 1.54) is 17.5 Å². The van der Waals surface area contributed by atoms with Crippen molar-refractivity contribution in [2.45, 2.75) is 38.3 Å². The van der Waals surface area contributed by atoms with E-state index in [0.29, 0.717) is 5.92 Å². The molecule has 0 amide bonds. The van der Waals surface area contributed by atoms with Gasteiger partial charge in [-0.2, -0.15) is 0 Å². The first kappa shape index (κ1) is 14.5. The Balaban J connectivity index is 2.09. The zero-order chi connectivity index (χ0) is 13.7. The molecule has 0 saturated carbocycles. The second-order valence-corrected chi connectivity index (χ2v) is 5.36. The van der Waals surface area contributed by atoms with Crippen LogP contribution >= 0.6 is 0 Å². The van der Waals surface area contributed by atoms with Gasteiger partial charge in [0, 0.05) is 13.1 Å². The third-order valence-corrected chi connectivity index (χ3v) is 4.12. The summed E-state index contributed by atoms with van der Waals surface area (Å²) in [6.07, 6.45) is 1.40. The molecule has 3 unspecified atom stereocenters. The molecular formula is C16H26N2O. The largest absolute Gasteiger partial charge is 0.374 e. The minimum atomic E-state index is 0.216. The average Bonchev–Trinajstić information content (AvgIpc) is 2.49. The minimum Gasteiger partial charge on any atom is -0.374 e. The van der Waals surface area contributed by atoms with Gasteiger partial charge < -0.3 is 15.4 Å². The van der Waals surface area contributed by atoms with Crippen molar-refractivity contribution in [2.75, 3.05) is 26.7 Å². The summed E-state index contributed by atoms with van der Waals surface area (Å²) in [5.41, 5.74) is 2.73. The lowest BCUT2D eigenvalue weighted by Crippen LogP contribution is -2.45. The molecule has 2 N–H and O–H groups in total. The second-order valence-electron chi connectivity index (χ2n) is 5.36. The van der Waals surface area contributed by atoms with Gasteiger partial charge in [0.1, 0.15) is 0 Å². The van der Waals surface area contributed by atoms with Crippen LogP contribution in [0.3, 0.4) is 0 Å². The predicted molar refractivity (Wildman–Crippen MR) is 79.6 cm³/mol. The van der Waals surface area contributed by atoms with Crippen molar-refractivity contribution in [2.24, 2.45) is 0 Å². The Morgan fingerprint density at radius 2 is 2.00 bits per heavy atom. The summed E-state index contributed by atoms with van der Waals surface area (Å²) in [4.78, 5) is 0. The first-order valence-electron chi connectivity index (χ1n) is 7.35. The van der Waals surface area contributed by atoms with Crippen LogP contribution in [-0.4, -0.2) is 32.8 Å². The molecule has 0 spiro atoms. The SMILES string of the molecule is CCC(C)c1ccc(C(NC)C2CNCCO2)cc1. The molecule has 0 bridgehead atoms. The molecule has 3 heteroatoms. The Bertz CT molecular complexity index is 371. The number of rotatable bonds is 5. The number of hydrogen-bond donors (Lipinski definition) is 2. The number of hydrogen-bond acceptors (Lipinski definition) is 3. The molecule has 2 rings (SSSR count). The van der Waals surface area contributed by atoms with E-state index in [-0.39, 0.29) is 12.1 Å². The Morgan fingerprint density at radius 3 is 2.53 bits per heavy atom. The monoisotopic (exact) mass is 262 g/mol. The van der Waals surface area contributed by atoms with Crippen LogP contribution in [0.1, 0.15) is 43.4 Å². The summed E-state index contributed by atoms with van der Waals surface area (Å²) in [6.45, 7) is 7.18. The van der Waals surface area contributed by atoms with E-state index in [1.807, 2.05) is 7.05 Å². The van der Waals surface area contributed by atoms with Crippen molar-refractivity contribution >= 4 is 0 Å². The van der Waals surface area contributed by atoms with Crippen LogP contribution in [0, 0.1) is 0 Å². The van der Waals surface area contributed by atoms with Crippen LogP contribution in [-0.2, 0) is 4.74 Å². The Labute approximate surface area is 116 Å². The zero-order valence-electron chi connectivity index (χ0n) is 12.3. The molecule has 1 aromatic carbocycles. The number of morpholine rings is 1. The molecule has 1 aromatic rings. The standard InChI is InChI=1S/C16H26N2O/c1-4-12(2)13-5-7-14(8-6-13)16(17-3)15-11-18-9-10-19-15/h5-8,12,15-18H,4,9-11H2,1-3H3. The molecule has 1 saturated heterocycles. The first-order valence-corrected chi connectivity index (χ1v) is 7.35. The van der Waals surface area contributed by atoms with E-state index in [4.69, 9.17) is 4.74 Å². The molecule has 106 valence electrons. The average molecular weight is 262 g/mol. The highest BCUT2D eigenvalue weighted by atomic mass is 16.5. The van der Waals surface area contributed by atoms with E-state index in [1.54, 1.807) is 0 Å². The summed E-state index contributed by atoms with van der Waals surface area (Å²) in [5.74, 6) is 0.634. The predicted octanol–water partition coefficient (Wildman–Crippen LogP) is 2.45. The van der Waals surface area contributed by atoms with Crippen molar-refractivity contribution < 1.29 is 4.74 Å². The molecule has 1 heterocycles. The topological polar surface area (TPSA) is 33.3 Å². The molecule has 1 fully saturated rings. The van der Waals surface area contributed by atoms with Crippen molar-refractivity contribution in [1.82, 2.24) is 10.6 Å². The van der Waals surface area contributed by atoms with E-state index in [9.17, 15) is 0 Å². The van der Waals surface area contributed by atoms with Crippen molar-refractivity contribution in [3.8, 4) is 0 Å². The van der Waals surface area contributed by atoms with Crippen LogP contribution in [0.15, 0.2) is 24.3 Å². The number of nitrogens with one attached hydrogen (secondary N) is 2. The quantitative estimate of drug-likeness (QED) is 0.855. The van der Waals surface area contributed by atoms with Gasteiger partial charge in [0.15, 0.2) is 0 Å². The minimum absolute atomic E-state index is 0.216. The molecule has 3 atom stereocenters. The summed E-state index contributed by atoms with van der Waals surface area (Å²) in [7, 11) is 2.01. The van der Waals surface area contributed by atoms with Crippen LogP contribution in [0.2, 0.25) is 0 Å². The first-order chi connectivity index (χ1) is 9.26. The number of benzene rings is 1. The lowest BCUT2D eigenvalue weighted by atomic mass is 9.94. The van der Waals surface area contributed by atoms with Gasteiger partial charge >= 0.3 is 0 Å². The summed E-state index contributed by atoms with van der Waals surface area (Å²) >= 11 is 0. The third kappa shape index (κ3) is 3.56. The number of ether oxygens (including phenoxy) is 1. The molecule has 3 nitrogen and oxygen atoms in total.